The molecular weight excluding hydrogens is 825 g/mol. The quantitative estimate of drug-likeness (QED) is 0.155. The fourth-order valence-electron chi connectivity index (χ4n) is 12.5. The van der Waals surface area contributed by atoms with E-state index in [0.29, 0.717) is 0 Å². The van der Waals surface area contributed by atoms with Gasteiger partial charge in [-0.3, -0.25) is 0 Å². The first-order valence-electron chi connectivity index (χ1n) is 23.3. The van der Waals surface area contributed by atoms with Crippen LogP contribution in [0.25, 0.3) is 163 Å². The van der Waals surface area contributed by atoms with Gasteiger partial charge in [-0.1, -0.05) is 170 Å². The summed E-state index contributed by atoms with van der Waals surface area (Å²) in [4.78, 5) is 1.29. The highest BCUT2D eigenvalue weighted by Crippen LogP contribution is 2.61. The molecule has 1 heteroatoms. The Kier molecular flexibility index (Phi) is 7.04. The van der Waals surface area contributed by atoms with Crippen LogP contribution < -0.4 is 0 Å². The normalized spacial score (nSPS) is 12.5. The fraction of sp³-hybridized carbons (Fsp3) is 0. The van der Waals surface area contributed by atoms with Crippen LogP contribution in [-0.2, 0) is 0 Å². The summed E-state index contributed by atoms with van der Waals surface area (Å²) in [6.07, 6.45) is 0. The molecule has 13 aromatic carbocycles. The highest BCUT2D eigenvalue weighted by molar-refractivity contribution is 7.22. The Balaban J connectivity index is 1.07. The lowest BCUT2D eigenvalue weighted by molar-refractivity contribution is 1.63. The summed E-state index contributed by atoms with van der Waals surface area (Å²) in [6.45, 7) is 0. The predicted molar refractivity (Wildman–Crippen MR) is 290 cm³/mol. The molecule has 1 heterocycles. The van der Waals surface area contributed by atoms with E-state index in [0.717, 1.165) is 0 Å². The van der Waals surface area contributed by atoms with Crippen LogP contribution in [0.4, 0.5) is 0 Å². The smallest absolute Gasteiger partial charge is 0.0355 e. The Bertz CT molecular complexity index is 4500. The Morgan fingerprint density at radius 2 is 0.776 bits per heavy atom. The molecule has 0 fully saturated rings. The van der Waals surface area contributed by atoms with Gasteiger partial charge in [0.15, 0.2) is 0 Å². The van der Waals surface area contributed by atoms with E-state index in [1.807, 2.05) is 11.3 Å². The number of hydrogen-bond donors (Lipinski definition) is 0. The molecule has 67 heavy (non-hydrogen) atoms. The van der Waals surface area contributed by atoms with Gasteiger partial charge < -0.3 is 0 Å². The molecule has 1 aromatic heterocycles. The second-order valence-corrected chi connectivity index (χ2v) is 19.7. The lowest BCUT2D eigenvalue weighted by Crippen LogP contribution is -1.95. The third kappa shape index (κ3) is 4.81. The van der Waals surface area contributed by atoms with Crippen molar-refractivity contribution in [1.82, 2.24) is 0 Å². The van der Waals surface area contributed by atoms with Crippen molar-refractivity contribution in [2.45, 2.75) is 0 Å². The van der Waals surface area contributed by atoms with E-state index < -0.39 is 0 Å². The topological polar surface area (TPSA) is 0 Å². The zero-order chi connectivity index (χ0) is 43.5. The van der Waals surface area contributed by atoms with Crippen molar-refractivity contribution in [3.05, 3.63) is 218 Å². The van der Waals surface area contributed by atoms with Crippen LogP contribution in [0, 0.1) is 0 Å². The summed E-state index contributed by atoms with van der Waals surface area (Å²) in [6, 6.07) is 82.9. The summed E-state index contributed by atoms with van der Waals surface area (Å²) in [5.41, 5.74) is 16.9. The van der Waals surface area contributed by atoms with Crippen molar-refractivity contribution in [1.29, 1.82) is 0 Å². The first-order valence-corrected chi connectivity index (χ1v) is 24.1. The van der Waals surface area contributed by atoms with E-state index in [4.69, 9.17) is 0 Å². The average molecular weight is 861 g/mol. The third-order valence-electron chi connectivity index (χ3n) is 15.2. The van der Waals surface area contributed by atoms with Crippen LogP contribution in [0.5, 0.6) is 0 Å². The minimum Gasteiger partial charge on any atom is -0.135 e. The summed E-state index contributed by atoms with van der Waals surface area (Å²) < 4.78 is 1.31. The first kappa shape index (κ1) is 35.9. The SMILES string of the molecule is c1ccc(-c2c3c(c(-c4ccccc4)c4c2ccc2c5cc6c(cc5ccc24)-c2cccc4c2c-6cc2ccccc24)-c2cc(-c4cc5ccccc5s4)cc4c2c-3cc2ccccc24)cc1. The molecule has 0 amide bonds. The molecule has 0 aliphatic heterocycles. The van der Waals surface area contributed by atoms with Gasteiger partial charge in [0.1, 0.15) is 0 Å². The molecule has 0 atom stereocenters. The Hall–Kier alpha value is -8.36. The van der Waals surface area contributed by atoms with Crippen LogP contribution in [0.2, 0.25) is 0 Å². The largest absolute Gasteiger partial charge is 0.135 e. The number of thiophene rings is 1. The zero-order valence-corrected chi connectivity index (χ0v) is 37.0. The molecule has 0 radical (unpaired) electrons. The summed E-state index contributed by atoms with van der Waals surface area (Å²) in [5, 5.41) is 19.5. The minimum atomic E-state index is 1.23. The Labute approximate surface area is 390 Å². The number of hydrogen-bond acceptors (Lipinski definition) is 1. The number of rotatable bonds is 3. The van der Waals surface area contributed by atoms with Gasteiger partial charge in [-0.15, -0.1) is 11.3 Å². The van der Waals surface area contributed by atoms with Crippen molar-refractivity contribution in [3.8, 4) is 77.2 Å². The highest BCUT2D eigenvalue weighted by Gasteiger charge is 2.33. The van der Waals surface area contributed by atoms with Gasteiger partial charge in [0, 0.05) is 9.58 Å². The van der Waals surface area contributed by atoms with Gasteiger partial charge in [-0.25, -0.2) is 0 Å². The average Bonchev–Trinajstić information content (AvgIpc) is 4.06. The van der Waals surface area contributed by atoms with Gasteiger partial charge in [-0.05, 0) is 202 Å². The standard InChI is InChI=1S/C66H36S/c1-3-14-37(15-4-1)60-50-29-28-46-49(27-26-41-30-52-48-24-13-23-47-44-21-10-7-18-39(44)31-55(62(47)48)53(52)36-51(41)46)64(50)61(38-16-5-2-6-17-38)66-57-34-43(59-35-42-20-9-12-25-58(42)67-59)33-54-45-22-11-8-19-40(45)32-56(63(54)57)65(60)66/h1-36H. The molecule has 0 unspecified atom stereocenters. The maximum Gasteiger partial charge on any atom is 0.0355 e. The summed E-state index contributed by atoms with van der Waals surface area (Å²) >= 11 is 1.89. The van der Waals surface area contributed by atoms with E-state index in [-0.39, 0.29) is 0 Å². The van der Waals surface area contributed by atoms with E-state index in [2.05, 4.69) is 218 Å². The van der Waals surface area contributed by atoms with Crippen molar-refractivity contribution < 1.29 is 0 Å². The highest BCUT2D eigenvalue weighted by atomic mass is 32.1. The van der Waals surface area contributed by atoms with Gasteiger partial charge in [0.05, 0.1) is 0 Å². The molecule has 0 N–H and O–H groups in total. The number of benzene rings is 13. The van der Waals surface area contributed by atoms with E-state index in [1.54, 1.807) is 0 Å². The van der Waals surface area contributed by atoms with Crippen molar-refractivity contribution in [2.24, 2.45) is 0 Å². The molecule has 2 aliphatic rings. The molecule has 14 aromatic rings. The molecule has 306 valence electrons. The van der Waals surface area contributed by atoms with Crippen LogP contribution in [0.15, 0.2) is 218 Å². The van der Waals surface area contributed by atoms with Gasteiger partial charge >= 0.3 is 0 Å². The second-order valence-electron chi connectivity index (χ2n) is 18.6. The Morgan fingerprint density at radius 1 is 0.224 bits per heavy atom. The van der Waals surface area contributed by atoms with E-state index in [9.17, 15) is 0 Å². The second kappa shape index (κ2) is 13.1. The molecular formula is C66H36S. The van der Waals surface area contributed by atoms with Crippen LogP contribution in [0.3, 0.4) is 0 Å². The molecule has 0 saturated carbocycles. The van der Waals surface area contributed by atoms with Gasteiger partial charge in [0.25, 0.3) is 0 Å². The summed E-state index contributed by atoms with van der Waals surface area (Å²) in [7, 11) is 0. The molecule has 0 saturated heterocycles. The van der Waals surface area contributed by atoms with Crippen molar-refractivity contribution >= 4 is 96.8 Å². The molecule has 0 nitrogen and oxygen atoms in total. The fourth-order valence-corrected chi connectivity index (χ4v) is 13.5. The van der Waals surface area contributed by atoms with Crippen molar-refractivity contribution in [3.63, 3.8) is 0 Å². The minimum absolute atomic E-state index is 1.23. The Morgan fingerprint density at radius 3 is 1.57 bits per heavy atom. The third-order valence-corrected chi connectivity index (χ3v) is 16.4. The van der Waals surface area contributed by atoms with Crippen LogP contribution in [-0.4, -0.2) is 0 Å². The van der Waals surface area contributed by atoms with Gasteiger partial charge in [-0.2, -0.15) is 0 Å². The molecule has 0 spiro atoms. The lowest BCUT2D eigenvalue weighted by Gasteiger charge is -2.22. The van der Waals surface area contributed by atoms with Crippen LogP contribution >= 0.6 is 11.3 Å². The zero-order valence-electron chi connectivity index (χ0n) is 36.2. The molecule has 16 rings (SSSR count). The van der Waals surface area contributed by atoms with Gasteiger partial charge in [0.2, 0.25) is 0 Å². The maximum atomic E-state index is 2.52. The number of fused-ring (bicyclic) bond motifs is 16. The maximum absolute atomic E-state index is 2.52. The monoisotopic (exact) mass is 860 g/mol. The molecule has 2 aliphatic carbocycles. The molecule has 0 bridgehead atoms. The van der Waals surface area contributed by atoms with E-state index in [1.165, 1.54) is 163 Å². The lowest BCUT2D eigenvalue weighted by atomic mass is 9.80. The van der Waals surface area contributed by atoms with Crippen LogP contribution in [0.1, 0.15) is 0 Å². The first-order chi connectivity index (χ1) is 33.2. The predicted octanol–water partition coefficient (Wildman–Crippen LogP) is 19.3. The van der Waals surface area contributed by atoms with Crippen molar-refractivity contribution in [2.75, 3.05) is 0 Å². The van der Waals surface area contributed by atoms with E-state index >= 15 is 0 Å². The summed E-state index contributed by atoms with van der Waals surface area (Å²) in [5.74, 6) is 0.